The highest BCUT2D eigenvalue weighted by Crippen LogP contribution is 2.31. The number of rotatable bonds is 7. The summed E-state index contributed by atoms with van der Waals surface area (Å²) in [6, 6.07) is 6.79. The lowest BCUT2D eigenvalue weighted by molar-refractivity contribution is -0.140. The second-order valence-corrected chi connectivity index (χ2v) is 6.14. The van der Waals surface area contributed by atoms with E-state index in [0.717, 1.165) is 6.29 Å². The maximum Gasteiger partial charge on any atom is 0.137 e. The first-order valence-corrected chi connectivity index (χ1v) is 7.14. The number of hydrogen-bond acceptors (Lipinski definition) is 5. The summed E-state index contributed by atoms with van der Waals surface area (Å²) in [5, 5.41) is 15.5. The number of hydrogen-bond donors (Lipinski definition) is 1. The lowest BCUT2D eigenvalue weighted by Gasteiger charge is -2.38. The monoisotopic (exact) mass is 323 g/mol. The minimum atomic E-state index is -1.44. The number of aromatic nitrogens is 3. The highest BCUT2D eigenvalue weighted by atomic mass is 35.5. The van der Waals surface area contributed by atoms with Crippen LogP contribution in [0.5, 0.6) is 5.75 Å². The smallest absolute Gasteiger partial charge is 0.137 e. The van der Waals surface area contributed by atoms with Gasteiger partial charge in [-0.15, -0.1) is 0 Å². The number of nitrogens with zero attached hydrogens (tertiary/aromatic N) is 3. The molecule has 0 fully saturated rings. The van der Waals surface area contributed by atoms with Crippen LogP contribution in [-0.4, -0.2) is 38.4 Å². The number of aldehydes is 1. The van der Waals surface area contributed by atoms with Gasteiger partial charge in [0, 0.05) is 5.02 Å². The predicted octanol–water partition coefficient (Wildman–Crippen LogP) is 1.97. The lowest BCUT2D eigenvalue weighted by atomic mass is 9.76. The van der Waals surface area contributed by atoms with E-state index >= 15 is 0 Å². The van der Waals surface area contributed by atoms with Gasteiger partial charge in [0.1, 0.15) is 36.9 Å². The summed E-state index contributed by atoms with van der Waals surface area (Å²) >= 11 is 5.82. The molecule has 0 aliphatic carbocycles. The maximum atomic E-state index is 11.4. The molecule has 118 valence electrons. The summed E-state index contributed by atoms with van der Waals surface area (Å²) < 4.78 is 7.10. The van der Waals surface area contributed by atoms with Crippen LogP contribution in [0.4, 0.5) is 0 Å². The van der Waals surface area contributed by atoms with Gasteiger partial charge in [-0.05, 0) is 24.3 Å². The van der Waals surface area contributed by atoms with Crippen molar-refractivity contribution < 1.29 is 14.6 Å². The molecule has 1 N–H and O–H groups in total. The van der Waals surface area contributed by atoms with Gasteiger partial charge in [-0.1, -0.05) is 25.4 Å². The topological polar surface area (TPSA) is 77.2 Å². The molecular weight excluding hydrogens is 306 g/mol. The van der Waals surface area contributed by atoms with Gasteiger partial charge >= 0.3 is 0 Å². The molecule has 0 aliphatic rings. The van der Waals surface area contributed by atoms with E-state index in [1.54, 1.807) is 38.1 Å². The van der Waals surface area contributed by atoms with Crippen LogP contribution in [0.2, 0.25) is 5.02 Å². The summed E-state index contributed by atoms with van der Waals surface area (Å²) in [4.78, 5) is 15.2. The molecule has 1 aromatic carbocycles. The number of halogens is 1. The molecule has 0 aliphatic heterocycles. The largest absolute Gasteiger partial charge is 0.490 e. The molecule has 7 heteroatoms. The molecule has 0 radical (unpaired) electrons. The third-order valence-corrected chi connectivity index (χ3v) is 3.93. The number of benzene rings is 1. The SMILES string of the molecule is CC(C)(C=O)C(O)(COc1ccc(Cl)cc1)Cn1cncn1. The van der Waals surface area contributed by atoms with E-state index in [2.05, 4.69) is 10.1 Å². The van der Waals surface area contributed by atoms with Crippen molar-refractivity contribution in [3.63, 3.8) is 0 Å². The van der Waals surface area contributed by atoms with Gasteiger partial charge in [-0.3, -0.25) is 0 Å². The first-order chi connectivity index (χ1) is 10.4. The van der Waals surface area contributed by atoms with Crippen molar-refractivity contribution in [2.24, 2.45) is 5.41 Å². The molecule has 0 spiro atoms. The van der Waals surface area contributed by atoms with Crippen molar-refractivity contribution >= 4 is 17.9 Å². The van der Waals surface area contributed by atoms with Gasteiger partial charge in [0.15, 0.2) is 0 Å². The Kier molecular flexibility index (Phi) is 4.83. The second-order valence-electron chi connectivity index (χ2n) is 5.71. The van der Waals surface area contributed by atoms with Gasteiger partial charge < -0.3 is 14.6 Å². The van der Waals surface area contributed by atoms with Gasteiger partial charge in [0.05, 0.1) is 12.0 Å². The molecule has 22 heavy (non-hydrogen) atoms. The average molecular weight is 324 g/mol. The Morgan fingerprint density at radius 2 is 2.05 bits per heavy atom. The predicted molar refractivity (Wildman–Crippen MR) is 81.8 cm³/mol. The van der Waals surface area contributed by atoms with Crippen LogP contribution in [0.15, 0.2) is 36.9 Å². The van der Waals surface area contributed by atoms with E-state index in [4.69, 9.17) is 16.3 Å². The fourth-order valence-electron chi connectivity index (χ4n) is 1.86. The average Bonchev–Trinajstić information content (AvgIpc) is 2.99. The summed E-state index contributed by atoms with van der Waals surface area (Å²) in [5.74, 6) is 0.558. The third kappa shape index (κ3) is 3.64. The van der Waals surface area contributed by atoms with E-state index in [0.29, 0.717) is 10.8 Å². The Labute approximate surface area is 133 Å². The minimum Gasteiger partial charge on any atom is -0.490 e. The number of ether oxygens (including phenoxy) is 1. The molecule has 1 heterocycles. The Bertz CT molecular complexity index is 613. The van der Waals surface area contributed by atoms with Crippen LogP contribution in [0.25, 0.3) is 0 Å². The Hall–Kier alpha value is -1.92. The zero-order valence-electron chi connectivity index (χ0n) is 12.4. The van der Waals surface area contributed by atoms with E-state index < -0.39 is 11.0 Å². The zero-order chi connectivity index (χ0) is 16.2. The number of carbonyl (C=O) groups is 1. The fourth-order valence-corrected chi connectivity index (χ4v) is 1.99. The molecule has 0 bridgehead atoms. The zero-order valence-corrected chi connectivity index (χ0v) is 13.2. The van der Waals surface area contributed by atoms with Crippen molar-refractivity contribution in [1.29, 1.82) is 0 Å². The van der Waals surface area contributed by atoms with Crippen molar-refractivity contribution in [2.45, 2.75) is 26.0 Å². The van der Waals surface area contributed by atoms with Crippen LogP contribution < -0.4 is 4.74 Å². The molecule has 2 rings (SSSR count). The summed E-state index contributed by atoms with van der Waals surface area (Å²) in [6.45, 7) is 3.33. The van der Waals surface area contributed by atoms with E-state index in [9.17, 15) is 9.90 Å². The van der Waals surface area contributed by atoms with E-state index in [1.165, 1.54) is 17.3 Å². The second kappa shape index (κ2) is 6.46. The first-order valence-electron chi connectivity index (χ1n) is 6.76. The van der Waals surface area contributed by atoms with Crippen LogP contribution in [0, 0.1) is 5.41 Å². The lowest BCUT2D eigenvalue weighted by Crippen LogP contribution is -2.53. The standard InChI is InChI=1S/C15H18ClN3O3/c1-14(2,8-20)15(21,7-19-11-17-10-18-19)9-22-13-5-3-12(16)4-6-13/h3-6,8,10-11,21H,7,9H2,1-2H3. The van der Waals surface area contributed by atoms with Crippen molar-refractivity contribution in [1.82, 2.24) is 14.8 Å². The highest BCUT2D eigenvalue weighted by Gasteiger charge is 2.45. The van der Waals surface area contributed by atoms with Gasteiger partial charge in [-0.25, -0.2) is 9.67 Å². The summed E-state index contributed by atoms with van der Waals surface area (Å²) in [5.41, 5.74) is -2.46. The number of carbonyl (C=O) groups excluding carboxylic acids is 1. The van der Waals surface area contributed by atoms with Crippen LogP contribution in [-0.2, 0) is 11.3 Å². The Morgan fingerprint density at radius 1 is 1.36 bits per heavy atom. The minimum absolute atomic E-state index is 0.0692. The van der Waals surface area contributed by atoms with Gasteiger partial charge in [-0.2, -0.15) is 5.10 Å². The van der Waals surface area contributed by atoms with Crippen molar-refractivity contribution in [3.8, 4) is 5.75 Å². The maximum absolute atomic E-state index is 11.4. The first kappa shape index (κ1) is 16.5. The van der Waals surface area contributed by atoms with Crippen LogP contribution in [0.3, 0.4) is 0 Å². The quantitative estimate of drug-likeness (QED) is 0.788. The Balaban J connectivity index is 2.17. The molecule has 6 nitrogen and oxygen atoms in total. The van der Waals surface area contributed by atoms with E-state index in [1.807, 2.05) is 0 Å². The molecule has 0 saturated heterocycles. The molecule has 1 unspecified atom stereocenters. The summed E-state index contributed by atoms with van der Waals surface area (Å²) in [6.07, 6.45) is 3.57. The summed E-state index contributed by atoms with van der Waals surface area (Å²) in [7, 11) is 0. The van der Waals surface area contributed by atoms with E-state index in [-0.39, 0.29) is 13.2 Å². The molecule has 1 aromatic heterocycles. The van der Waals surface area contributed by atoms with Crippen molar-refractivity contribution in [2.75, 3.05) is 6.61 Å². The highest BCUT2D eigenvalue weighted by molar-refractivity contribution is 6.30. The number of aliphatic hydroxyl groups is 1. The van der Waals surface area contributed by atoms with Gasteiger partial charge in [0.25, 0.3) is 0 Å². The van der Waals surface area contributed by atoms with Crippen LogP contribution in [0.1, 0.15) is 13.8 Å². The van der Waals surface area contributed by atoms with Crippen molar-refractivity contribution in [3.05, 3.63) is 41.9 Å². The molecule has 0 amide bonds. The molecule has 0 saturated carbocycles. The normalized spacial score (nSPS) is 14.4. The molecular formula is C15H18ClN3O3. The fraction of sp³-hybridized carbons (Fsp3) is 0.400. The Morgan fingerprint density at radius 3 is 2.59 bits per heavy atom. The molecule has 1 atom stereocenters. The van der Waals surface area contributed by atoms with Crippen LogP contribution >= 0.6 is 11.6 Å². The third-order valence-electron chi connectivity index (χ3n) is 3.68. The van der Waals surface area contributed by atoms with Gasteiger partial charge in [0.2, 0.25) is 0 Å². The molecule has 2 aromatic rings.